The maximum absolute atomic E-state index is 12.4. The molecule has 2 aliphatic carbocycles. The normalized spacial score (nSPS) is 17.4. The number of hydrogen-bond donors (Lipinski definition) is 2. The van der Waals surface area contributed by atoms with Gasteiger partial charge in [0.1, 0.15) is 6.61 Å². The number of aliphatic carboxylic acids is 1. The summed E-state index contributed by atoms with van der Waals surface area (Å²) in [4.78, 5) is 38.8. The first-order valence-electron chi connectivity index (χ1n) is 14.5. The Bertz CT molecular complexity index is 946. The standard InChI is InChI=1S/C22H33N3O3.C7H12O2.C3H8/c1-15(2)21(24-14-26)12-11-16(3)17(4)20(18(5)23)13-28-22(27)25(6)19-9-7-8-10-19;8-7(9)6-4-2-1-3-5-6;1-3-2/h11-12,14,19H,1,7-10,13,23H2,2-6H3;6H,1-5H2,(H,8,9);3H2,1-2H3/b12-11-,17-16-,20-18-,24-21?;;. The number of nitrogens with zero attached hydrogens (tertiary/aromatic N) is 2. The second kappa shape index (κ2) is 20.7. The molecule has 2 saturated carbocycles. The molecule has 226 valence electrons. The number of carbonyl (C=O) groups excluding carboxylic acids is 2. The lowest BCUT2D eigenvalue weighted by Crippen LogP contribution is -2.36. The molecule has 0 spiro atoms. The van der Waals surface area contributed by atoms with Gasteiger partial charge in [0.15, 0.2) is 0 Å². The molecule has 3 N–H and O–H groups in total. The Kier molecular flexibility index (Phi) is 19.1. The number of amides is 2. The zero-order valence-electron chi connectivity index (χ0n) is 25.9. The summed E-state index contributed by atoms with van der Waals surface area (Å²) in [5, 5.41) is 8.54. The molecule has 0 atom stereocenters. The molecule has 0 unspecified atom stereocenters. The van der Waals surface area contributed by atoms with Crippen LogP contribution in [0.25, 0.3) is 0 Å². The molecule has 0 bridgehead atoms. The summed E-state index contributed by atoms with van der Waals surface area (Å²) in [6.45, 7) is 15.6. The van der Waals surface area contributed by atoms with Crippen molar-refractivity contribution in [3.8, 4) is 0 Å². The number of carboxylic acids is 1. The highest BCUT2D eigenvalue weighted by Gasteiger charge is 2.24. The maximum atomic E-state index is 12.4. The fourth-order valence-electron chi connectivity index (χ4n) is 4.46. The van der Waals surface area contributed by atoms with Crippen molar-refractivity contribution in [2.75, 3.05) is 13.7 Å². The Morgan fingerprint density at radius 1 is 1.00 bits per heavy atom. The molecule has 0 heterocycles. The van der Waals surface area contributed by atoms with Crippen LogP contribution >= 0.6 is 0 Å². The topological polar surface area (TPSA) is 122 Å². The monoisotopic (exact) mass is 559 g/mol. The number of aliphatic imine (C=N–C) groups is 1. The Hall–Kier alpha value is -3.16. The van der Waals surface area contributed by atoms with Gasteiger partial charge >= 0.3 is 12.1 Å². The predicted octanol–water partition coefficient (Wildman–Crippen LogP) is 7.36. The molecule has 0 aromatic heterocycles. The molecule has 2 amide bonds. The zero-order chi connectivity index (χ0) is 30.7. The van der Waals surface area contributed by atoms with E-state index in [0.29, 0.717) is 23.4 Å². The number of hydrogen-bond acceptors (Lipinski definition) is 5. The largest absolute Gasteiger partial charge is 0.481 e. The maximum Gasteiger partial charge on any atom is 0.410 e. The summed E-state index contributed by atoms with van der Waals surface area (Å²) >= 11 is 0. The number of carboxylic acid groups (broad SMARTS) is 1. The third-order valence-corrected chi connectivity index (χ3v) is 7.10. The molecule has 2 fully saturated rings. The van der Waals surface area contributed by atoms with Crippen LogP contribution in [0.4, 0.5) is 4.79 Å². The van der Waals surface area contributed by atoms with Gasteiger partial charge in [-0.25, -0.2) is 9.79 Å². The average Bonchev–Trinajstić information content (AvgIpc) is 3.46. The minimum absolute atomic E-state index is 0.0289. The lowest BCUT2D eigenvalue weighted by molar-refractivity contribution is -0.142. The van der Waals surface area contributed by atoms with E-state index in [1.165, 1.54) is 12.8 Å². The van der Waals surface area contributed by atoms with Crippen LogP contribution in [-0.4, -0.2) is 53.9 Å². The van der Waals surface area contributed by atoms with Crippen LogP contribution in [-0.2, 0) is 14.3 Å². The van der Waals surface area contributed by atoms with Crippen LogP contribution in [0.5, 0.6) is 0 Å². The van der Waals surface area contributed by atoms with Crippen molar-refractivity contribution < 1.29 is 24.2 Å². The number of rotatable bonds is 9. The first-order chi connectivity index (χ1) is 18.9. The van der Waals surface area contributed by atoms with Gasteiger partial charge in [0.05, 0.1) is 11.6 Å². The van der Waals surface area contributed by atoms with Crippen LogP contribution in [0, 0.1) is 5.92 Å². The highest BCUT2D eigenvalue weighted by molar-refractivity contribution is 6.10. The third-order valence-electron chi connectivity index (χ3n) is 7.10. The Morgan fingerprint density at radius 3 is 1.95 bits per heavy atom. The van der Waals surface area contributed by atoms with Crippen molar-refractivity contribution in [2.45, 2.75) is 112 Å². The fraction of sp³-hybridized carbons (Fsp3) is 0.625. The molecule has 2 rings (SSSR count). The Labute approximate surface area is 242 Å². The second-order valence-corrected chi connectivity index (χ2v) is 10.7. The van der Waals surface area contributed by atoms with Crippen LogP contribution in [0.1, 0.15) is 106 Å². The number of carbonyl (C=O) groups is 3. The zero-order valence-corrected chi connectivity index (χ0v) is 25.9. The smallest absolute Gasteiger partial charge is 0.410 e. The summed E-state index contributed by atoms with van der Waals surface area (Å²) in [5.74, 6) is -0.631. The van der Waals surface area contributed by atoms with Crippen molar-refractivity contribution in [1.29, 1.82) is 0 Å². The van der Waals surface area contributed by atoms with Crippen molar-refractivity contribution in [3.05, 3.63) is 46.7 Å². The first-order valence-corrected chi connectivity index (χ1v) is 14.5. The van der Waals surface area contributed by atoms with E-state index < -0.39 is 5.97 Å². The van der Waals surface area contributed by atoms with Gasteiger partial charge in [-0.05, 0) is 76.2 Å². The quantitative estimate of drug-likeness (QED) is 0.173. The highest BCUT2D eigenvalue weighted by atomic mass is 16.6. The molecule has 0 aliphatic heterocycles. The first kappa shape index (κ1) is 36.8. The van der Waals surface area contributed by atoms with E-state index in [9.17, 15) is 14.4 Å². The summed E-state index contributed by atoms with van der Waals surface area (Å²) in [6.07, 6.45) is 14.6. The van der Waals surface area contributed by atoms with E-state index in [4.69, 9.17) is 15.6 Å². The van der Waals surface area contributed by atoms with Gasteiger partial charge in [0, 0.05) is 24.4 Å². The van der Waals surface area contributed by atoms with Gasteiger partial charge in [-0.1, -0.05) is 65.0 Å². The van der Waals surface area contributed by atoms with E-state index in [1.54, 1.807) is 31.9 Å². The molecule has 40 heavy (non-hydrogen) atoms. The van der Waals surface area contributed by atoms with E-state index in [2.05, 4.69) is 25.4 Å². The van der Waals surface area contributed by atoms with Gasteiger partial charge in [-0.15, -0.1) is 0 Å². The average molecular weight is 560 g/mol. The minimum Gasteiger partial charge on any atom is -0.481 e. The summed E-state index contributed by atoms with van der Waals surface area (Å²) in [6, 6.07) is 0.262. The summed E-state index contributed by atoms with van der Waals surface area (Å²) < 4.78 is 5.52. The number of ether oxygens (including phenoxy) is 1. The minimum atomic E-state index is -0.602. The van der Waals surface area contributed by atoms with Crippen molar-refractivity contribution >= 4 is 24.2 Å². The molecule has 0 aromatic carbocycles. The molecule has 0 saturated heterocycles. The van der Waals surface area contributed by atoms with Gasteiger partial charge in [-0.2, -0.15) is 0 Å². The van der Waals surface area contributed by atoms with Crippen molar-refractivity contribution in [1.82, 2.24) is 4.90 Å². The van der Waals surface area contributed by atoms with E-state index in [0.717, 1.165) is 68.1 Å². The molecule has 8 nitrogen and oxygen atoms in total. The lowest BCUT2D eigenvalue weighted by Gasteiger charge is -2.24. The molecule has 2 aliphatic rings. The summed E-state index contributed by atoms with van der Waals surface area (Å²) in [7, 11) is 1.79. The third kappa shape index (κ3) is 14.3. The fourth-order valence-corrected chi connectivity index (χ4v) is 4.46. The van der Waals surface area contributed by atoms with Crippen LogP contribution < -0.4 is 5.73 Å². The molecular weight excluding hydrogens is 506 g/mol. The van der Waals surface area contributed by atoms with E-state index in [-0.39, 0.29) is 24.7 Å². The second-order valence-electron chi connectivity index (χ2n) is 10.7. The van der Waals surface area contributed by atoms with Gasteiger partial charge in [0.25, 0.3) is 0 Å². The SMILES string of the molecule is C=C(C)C(\C=C/C(C)=C(C)\C(COC(=O)N(C)C1CCCC1)=C(\C)N)=NC=O.CCC.O=C(O)C1CCCCC1. The van der Waals surface area contributed by atoms with Crippen LogP contribution in [0.15, 0.2) is 51.7 Å². The molecule has 8 heteroatoms. The Balaban J connectivity index is 0.00000104. The van der Waals surface area contributed by atoms with Crippen molar-refractivity contribution in [2.24, 2.45) is 16.6 Å². The molecule has 0 radical (unpaired) electrons. The number of allylic oxidation sites excluding steroid dienone is 5. The van der Waals surface area contributed by atoms with E-state index >= 15 is 0 Å². The number of nitrogens with two attached hydrogens (primary N) is 1. The predicted molar refractivity (Wildman–Crippen MR) is 164 cm³/mol. The van der Waals surface area contributed by atoms with Gasteiger partial charge in [0.2, 0.25) is 6.41 Å². The highest BCUT2D eigenvalue weighted by Crippen LogP contribution is 2.24. The molecule has 0 aromatic rings. The lowest BCUT2D eigenvalue weighted by atomic mass is 9.90. The van der Waals surface area contributed by atoms with Crippen LogP contribution in [0.2, 0.25) is 0 Å². The van der Waals surface area contributed by atoms with E-state index in [1.807, 2.05) is 19.9 Å². The van der Waals surface area contributed by atoms with Crippen molar-refractivity contribution in [3.63, 3.8) is 0 Å². The van der Waals surface area contributed by atoms with Gasteiger partial charge < -0.3 is 20.5 Å². The summed E-state index contributed by atoms with van der Waals surface area (Å²) in [5.41, 5.74) is 10.5. The molecular formula is C32H53N3O5. The Morgan fingerprint density at radius 2 is 1.52 bits per heavy atom. The van der Waals surface area contributed by atoms with Crippen LogP contribution in [0.3, 0.4) is 0 Å². The van der Waals surface area contributed by atoms with Gasteiger partial charge in [-0.3, -0.25) is 9.59 Å².